The zero-order valence-electron chi connectivity index (χ0n) is 18.5. The minimum atomic E-state index is -0.176. The second kappa shape index (κ2) is 9.76. The molecule has 160 valence electrons. The number of aryl methyl sites for hydroxylation is 2. The lowest BCUT2D eigenvalue weighted by Gasteiger charge is -2.35. The van der Waals surface area contributed by atoms with Gasteiger partial charge in [-0.15, -0.1) is 0 Å². The van der Waals surface area contributed by atoms with E-state index in [-0.39, 0.29) is 18.4 Å². The van der Waals surface area contributed by atoms with Gasteiger partial charge in [-0.1, -0.05) is 29.8 Å². The van der Waals surface area contributed by atoms with Crippen LogP contribution in [0.4, 0.5) is 11.4 Å². The molecule has 6 heteroatoms. The van der Waals surface area contributed by atoms with Crippen LogP contribution in [0.2, 0.25) is 0 Å². The summed E-state index contributed by atoms with van der Waals surface area (Å²) in [4.78, 5) is 30.1. The third-order valence-corrected chi connectivity index (χ3v) is 5.93. The number of hydrogen-bond acceptors (Lipinski definition) is 3. The van der Waals surface area contributed by atoms with Gasteiger partial charge in [0.2, 0.25) is 5.91 Å². The van der Waals surface area contributed by atoms with Crippen molar-refractivity contribution in [3.63, 3.8) is 0 Å². The molecule has 3 rings (SSSR count). The van der Waals surface area contributed by atoms with Gasteiger partial charge < -0.3 is 20.0 Å². The molecule has 2 aromatic rings. The molecule has 6 nitrogen and oxygen atoms in total. The molecule has 2 amide bonds. The Morgan fingerprint density at radius 3 is 2.37 bits per heavy atom. The molecule has 0 bridgehead atoms. The SMILES string of the molecule is Cc1ccc(NC(=O)CN(C)C(=O)C[NH+]2CCN(c3cccc(C)c3C)CC2)cc1. The summed E-state index contributed by atoms with van der Waals surface area (Å²) in [6.45, 7) is 10.5. The zero-order chi connectivity index (χ0) is 21.7. The molecule has 1 aliphatic rings. The van der Waals surface area contributed by atoms with Gasteiger partial charge in [0.25, 0.3) is 5.91 Å². The second-order valence-corrected chi connectivity index (χ2v) is 8.30. The van der Waals surface area contributed by atoms with E-state index in [4.69, 9.17) is 0 Å². The summed E-state index contributed by atoms with van der Waals surface area (Å²) in [5.41, 5.74) is 5.82. The van der Waals surface area contributed by atoms with Crippen LogP contribution in [0.25, 0.3) is 0 Å². The van der Waals surface area contributed by atoms with Crippen LogP contribution in [-0.4, -0.2) is 63.0 Å². The average Bonchev–Trinajstić information content (AvgIpc) is 2.72. The first-order valence-corrected chi connectivity index (χ1v) is 10.6. The first kappa shape index (κ1) is 21.8. The van der Waals surface area contributed by atoms with E-state index in [1.807, 2.05) is 31.2 Å². The van der Waals surface area contributed by atoms with Crippen molar-refractivity contribution >= 4 is 23.2 Å². The van der Waals surface area contributed by atoms with Crippen LogP contribution in [0.5, 0.6) is 0 Å². The Kier molecular flexibility index (Phi) is 7.11. The quantitative estimate of drug-likeness (QED) is 0.759. The Balaban J connectivity index is 1.45. The Labute approximate surface area is 179 Å². The van der Waals surface area contributed by atoms with Crippen molar-refractivity contribution in [2.24, 2.45) is 0 Å². The van der Waals surface area contributed by atoms with Crippen molar-refractivity contribution in [3.05, 3.63) is 59.2 Å². The van der Waals surface area contributed by atoms with Crippen molar-refractivity contribution in [2.45, 2.75) is 20.8 Å². The maximum absolute atomic E-state index is 12.6. The molecule has 30 heavy (non-hydrogen) atoms. The topological polar surface area (TPSA) is 57.1 Å². The minimum absolute atomic E-state index is 0.00393. The lowest BCUT2D eigenvalue weighted by molar-refractivity contribution is -0.892. The summed E-state index contributed by atoms with van der Waals surface area (Å²) in [7, 11) is 1.70. The largest absolute Gasteiger partial charge is 0.360 e. The summed E-state index contributed by atoms with van der Waals surface area (Å²) in [6.07, 6.45) is 0. The monoisotopic (exact) mass is 409 g/mol. The summed E-state index contributed by atoms with van der Waals surface area (Å²) >= 11 is 0. The number of nitrogens with zero attached hydrogens (tertiary/aromatic N) is 2. The Morgan fingerprint density at radius 2 is 1.70 bits per heavy atom. The number of nitrogens with one attached hydrogen (secondary N) is 2. The molecular weight excluding hydrogens is 376 g/mol. The third kappa shape index (κ3) is 5.60. The van der Waals surface area contributed by atoms with E-state index in [1.165, 1.54) is 26.6 Å². The smallest absolute Gasteiger partial charge is 0.277 e. The number of likely N-dealkylation sites (N-methyl/N-ethyl adjacent to an activating group) is 1. The summed E-state index contributed by atoms with van der Waals surface area (Å²) in [6, 6.07) is 14.1. The molecule has 2 aromatic carbocycles. The van der Waals surface area contributed by atoms with Crippen LogP contribution in [0.3, 0.4) is 0 Å². The lowest BCUT2D eigenvalue weighted by atomic mass is 10.1. The van der Waals surface area contributed by atoms with Crippen molar-refractivity contribution in [3.8, 4) is 0 Å². The molecule has 0 aromatic heterocycles. The molecular formula is C24H33N4O2+. The lowest BCUT2D eigenvalue weighted by Crippen LogP contribution is -3.15. The number of hydrogen-bond donors (Lipinski definition) is 2. The van der Waals surface area contributed by atoms with E-state index in [0.29, 0.717) is 6.54 Å². The highest BCUT2D eigenvalue weighted by atomic mass is 16.2. The molecule has 1 fully saturated rings. The van der Waals surface area contributed by atoms with Crippen LogP contribution in [0, 0.1) is 20.8 Å². The molecule has 0 saturated carbocycles. The van der Waals surface area contributed by atoms with E-state index >= 15 is 0 Å². The summed E-state index contributed by atoms with van der Waals surface area (Å²) in [5.74, 6) is -0.173. The standard InChI is InChI=1S/C24H32N4O2/c1-18-8-10-21(11-9-18)25-23(29)16-26(4)24(30)17-27-12-14-28(15-13-27)22-7-5-6-19(2)20(22)3/h5-11H,12-17H2,1-4H3,(H,25,29)/p+1. The first-order valence-electron chi connectivity index (χ1n) is 10.6. The molecule has 1 heterocycles. The number of quaternary nitrogens is 1. The number of anilines is 2. The number of benzene rings is 2. The van der Waals surface area contributed by atoms with Crippen molar-refractivity contribution in [1.82, 2.24) is 4.90 Å². The van der Waals surface area contributed by atoms with Gasteiger partial charge in [0.1, 0.15) is 0 Å². The predicted octanol–water partition coefficient (Wildman–Crippen LogP) is 1.41. The van der Waals surface area contributed by atoms with E-state index in [2.05, 4.69) is 42.3 Å². The van der Waals surface area contributed by atoms with Gasteiger partial charge in [0.15, 0.2) is 6.54 Å². The fourth-order valence-corrected chi connectivity index (χ4v) is 3.81. The number of piperazine rings is 1. The Bertz CT molecular complexity index is 887. The summed E-state index contributed by atoms with van der Waals surface area (Å²) < 4.78 is 0. The Hall–Kier alpha value is -2.86. The molecule has 0 radical (unpaired) electrons. The highest BCUT2D eigenvalue weighted by Gasteiger charge is 2.25. The normalized spacial score (nSPS) is 14.5. The fourth-order valence-electron chi connectivity index (χ4n) is 3.81. The molecule has 0 unspecified atom stereocenters. The number of rotatable bonds is 6. The predicted molar refractivity (Wildman–Crippen MR) is 121 cm³/mol. The van der Waals surface area contributed by atoms with Gasteiger partial charge in [-0.25, -0.2) is 0 Å². The van der Waals surface area contributed by atoms with Crippen molar-refractivity contribution in [2.75, 3.05) is 56.5 Å². The number of amides is 2. The van der Waals surface area contributed by atoms with Crippen molar-refractivity contribution < 1.29 is 14.5 Å². The fraction of sp³-hybridized carbons (Fsp3) is 0.417. The van der Waals surface area contributed by atoms with Gasteiger partial charge in [0, 0.05) is 18.4 Å². The number of carbonyl (C=O) groups is 2. The minimum Gasteiger partial charge on any atom is -0.360 e. The van der Waals surface area contributed by atoms with Crippen molar-refractivity contribution in [1.29, 1.82) is 0 Å². The van der Waals surface area contributed by atoms with Crippen LogP contribution < -0.4 is 15.1 Å². The molecule has 0 spiro atoms. The van der Waals surface area contributed by atoms with Gasteiger partial charge in [-0.3, -0.25) is 9.59 Å². The third-order valence-electron chi connectivity index (χ3n) is 5.93. The molecule has 0 atom stereocenters. The van der Waals surface area contributed by atoms with Gasteiger partial charge in [-0.2, -0.15) is 0 Å². The maximum atomic E-state index is 12.6. The maximum Gasteiger partial charge on any atom is 0.277 e. The second-order valence-electron chi connectivity index (χ2n) is 8.30. The van der Waals surface area contributed by atoms with E-state index < -0.39 is 0 Å². The van der Waals surface area contributed by atoms with Crippen LogP contribution in [-0.2, 0) is 9.59 Å². The van der Waals surface area contributed by atoms with Crippen LogP contribution in [0.15, 0.2) is 42.5 Å². The number of carbonyl (C=O) groups excluding carboxylic acids is 2. The van der Waals surface area contributed by atoms with E-state index in [1.54, 1.807) is 7.05 Å². The van der Waals surface area contributed by atoms with Crippen LogP contribution in [0.1, 0.15) is 16.7 Å². The first-order chi connectivity index (χ1) is 14.3. The molecule has 1 saturated heterocycles. The average molecular weight is 410 g/mol. The van der Waals surface area contributed by atoms with E-state index in [9.17, 15) is 9.59 Å². The van der Waals surface area contributed by atoms with E-state index in [0.717, 1.165) is 37.4 Å². The van der Waals surface area contributed by atoms with Gasteiger partial charge in [-0.05, 0) is 50.1 Å². The highest BCUT2D eigenvalue weighted by molar-refractivity contribution is 5.94. The Morgan fingerprint density at radius 1 is 1.03 bits per heavy atom. The molecule has 0 aliphatic carbocycles. The highest BCUT2D eigenvalue weighted by Crippen LogP contribution is 2.22. The zero-order valence-corrected chi connectivity index (χ0v) is 18.5. The molecule has 1 aliphatic heterocycles. The molecule has 2 N–H and O–H groups in total. The van der Waals surface area contributed by atoms with Crippen LogP contribution >= 0.6 is 0 Å². The van der Waals surface area contributed by atoms with Gasteiger partial charge in [0.05, 0.1) is 32.7 Å². The summed E-state index contributed by atoms with van der Waals surface area (Å²) in [5, 5.41) is 2.85. The van der Waals surface area contributed by atoms with Gasteiger partial charge >= 0.3 is 0 Å².